The van der Waals surface area contributed by atoms with Crippen LogP contribution >= 0.6 is 0 Å². The van der Waals surface area contributed by atoms with E-state index in [1.54, 1.807) is 10.7 Å². The molecule has 2 aromatic carbocycles. The van der Waals surface area contributed by atoms with Gasteiger partial charge in [-0.3, -0.25) is 4.79 Å². The molecule has 4 rings (SSSR count). The molecule has 130 valence electrons. The summed E-state index contributed by atoms with van der Waals surface area (Å²) in [5, 5.41) is 8.51. The van der Waals surface area contributed by atoms with Crippen molar-refractivity contribution in [1.82, 2.24) is 14.3 Å². The Balaban J connectivity index is 1.59. The molecule has 5 nitrogen and oxygen atoms in total. The highest BCUT2D eigenvalue weighted by atomic mass is 16.1. The molecule has 2 aromatic heterocycles. The lowest BCUT2D eigenvalue weighted by Crippen LogP contribution is -2.13. The molecule has 0 saturated carbocycles. The maximum absolute atomic E-state index is 12.6. The fourth-order valence-electron chi connectivity index (χ4n) is 3.16. The number of rotatable bonds is 4. The minimum absolute atomic E-state index is 0.211. The predicted octanol–water partition coefficient (Wildman–Crippen LogP) is 4.41. The highest BCUT2D eigenvalue weighted by Crippen LogP contribution is 2.21. The summed E-state index contributed by atoms with van der Waals surface area (Å²) in [5.74, 6) is -0.211. The first-order valence-corrected chi connectivity index (χ1v) is 8.68. The van der Waals surface area contributed by atoms with E-state index in [2.05, 4.69) is 34.2 Å². The molecule has 2 heterocycles. The average Bonchev–Trinajstić information content (AvgIpc) is 3.25. The van der Waals surface area contributed by atoms with Gasteiger partial charge in [-0.25, -0.2) is 4.68 Å². The maximum atomic E-state index is 12.6. The summed E-state index contributed by atoms with van der Waals surface area (Å²) in [6.45, 7) is 4.97. The van der Waals surface area contributed by atoms with Gasteiger partial charge in [-0.1, -0.05) is 18.2 Å². The molecule has 0 fully saturated rings. The number of para-hydroxylation sites is 1. The Kier molecular flexibility index (Phi) is 4.05. The number of hydrogen-bond acceptors (Lipinski definition) is 2. The van der Waals surface area contributed by atoms with Gasteiger partial charge in [-0.15, -0.1) is 0 Å². The molecule has 0 atom stereocenters. The zero-order chi connectivity index (χ0) is 18.1. The van der Waals surface area contributed by atoms with Crippen LogP contribution in [-0.2, 0) is 6.54 Å². The fourth-order valence-corrected chi connectivity index (χ4v) is 3.16. The number of fused-ring (bicyclic) bond motifs is 1. The van der Waals surface area contributed by atoms with Crippen LogP contribution in [0.2, 0.25) is 0 Å². The Bertz CT molecular complexity index is 1080. The number of benzene rings is 2. The molecule has 5 heteroatoms. The van der Waals surface area contributed by atoms with Gasteiger partial charge in [-0.2, -0.15) is 5.10 Å². The Morgan fingerprint density at radius 2 is 1.88 bits per heavy atom. The van der Waals surface area contributed by atoms with Gasteiger partial charge < -0.3 is 9.88 Å². The second-order valence-electron chi connectivity index (χ2n) is 6.25. The van der Waals surface area contributed by atoms with Gasteiger partial charge in [0.05, 0.1) is 5.69 Å². The van der Waals surface area contributed by atoms with Crippen molar-refractivity contribution in [2.45, 2.75) is 20.4 Å². The molecular formula is C21H20N4O. The average molecular weight is 344 g/mol. The lowest BCUT2D eigenvalue weighted by Gasteiger charge is -2.05. The predicted molar refractivity (Wildman–Crippen MR) is 104 cm³/mol. The molecule has 4 aromatic rings. The number of nitrogens with one attached hydrogen (secondary N) is 1. The number of amides is 1. The molecule has 0 unspecified atom stereocenters. The van der Waals surface area contributed by atoms with Crippen LogP contribution in [0.4, 0.5) is 5.69 Å². The number of anilines is 1. The molecule has 0 radical (unpaired) electrons. The second kappa shape index (κ2) is 6.52. The van der Waals surface area contributed by atoms with Crippen LogP contribution in [0.1, 0.15) is 23.1 Å². The molecule has 1 amide bonds. The van der Waals surface area contributed by atoms with E-state index in [4.69, 9.17) is 0 Å². The van der Waals surface area contributed by atoms with E-state index < -0.39 is 0 Å². The number of hydrogen-bond donors (Lipinski definition) is 1. The highest BCUT2D eigenvalue weighted by molar-refractivity contribution is 6.04. The summed E-state index contributed by atoms with van der Waals surface area (Å²) in [4.78, 5) is 12.6. The van der Waals surface area contributed by atoms with Crippen molar-refractivity contribution >= 4 is 22.5 Å². The van der Waals surface area contributed by atoms with Crippen LogP contribution in [0.15, 0.2) is 66.9 Å². The fraction of sp³-hybridized carbons (Fsp3) is 0.143. The summed E-state index contributed by atoms with van der Waals surface area (Å²) in [5.41, 5.74) is 4.18. The molecule has 0 bridgehead atoms. The minimum Gasteiger partial charge on any atom is -0.348 e. The van der Waals surface area contributed by atoms with Crippen LogP contribution in [0.3, 0.4) is 0 Å². The smallest absolute Gasteiger partial charge is 0.276 e. The van der Waals surface area contributed by atoms with Gasteiger partial charge in [0.15, 0.2) is 5.69 Å². The van der Waals surface area contributed by atoms with Crippen LogP contribution in [0.5, 0.6) is 0 Å². The number of aromatic nitrogens is 3. The summed E-state index contributed by atoms with van der Waals surface area (Å²) in [7, 11) is 0. The Morgan fingerprint density at radius 1 is 1.08 bits per heavy atom. The van der Waals surface area contributed by atoms with Gasteiger partial charge in [0.2, 0.25) is 0 Å². The Morgan fingerprint density at radius 3 is 2.65 bits per heavy atom. The molecule has 0 aliphatic heterocycles. The van der Waals surface area contributed by atoms with E-state index in [-0.39, 0.29) is 5.91 Å². The zero-order valence-corrected chi connectivity index (χ0v) is 14.8. The Hall–Kier alpha value is -3.34. The zero-order valence-electron chi connectivity index (χ0n) is 14.8. The normalized spacial score (nSPS) is 11.0. The van der Waals surface area contributed by atoms with Gasteiger partial charge in [-0.05, 0) is 56.3 Å². The largest absolute Gasteiger partial charge is 0.348 e. The molecule has 0 saturated heterocycles. The van der Waals surface area contributed by atoms with E-state index >= 15 is 0 Å². The van der Waals surface area contributed by atoms with Gasteiger partial charge >= 0.3 is 0 Å². The highest BCUT2D eigenvalue weighted by Gasteiger charge is 2.14. The molecule has 1 N–H and O–H groups in total. The van der Waals surface area contributed by atoms with Crippen molar-refractivity contribution in [1.29, 1.82) is 0 Å². The molecular weight excluding hydrogens is 324 g/mol. The topological polar surface area (TPSA) is 51.9 Å². The number of nitrogens with zero attached hydrogens (tertiary/aromatic N) is 3. The number of aryl methyl sites for hydroxylation is 2. The minimum atomic E-state index is -0.211. The van der Waals surface area contributed by atoms with Crippen molar-refractivity contribution in [3.05, 3.63) is 78.2 Å². The van der Waals surface area contributed by atoms with Crippen molar-refractivity contribution < 1.29 is 4.79 Å². The SMILES string of the molecule is CCn1ccc2cc(NC(=O)c3cc(C)n(-c4ccccc4)n3)ccc21. The standard InChI is InChI=1S/C21H20N4O/c1-3-24-12-11-16-14-17(9-10-20(16)24)22-21(26)19-13-15(2)25(23-19)18-7-5-4-6-8-18/h4-14H,3H2,1-2H3,(H,22,26). The van der Waals surface area contributed by atoms with E-state index in [0.29, 0.717) is 5.69 Å². The summed E-state index contributed by atoms with van der Waals surface area (Å²) >= 11 is 0. The third kappa shape index (κ3) is 2.88. The van der Waals surface area contributed by atoms with Crippen LogP contribution in [0.25, 0.3) is 16.6 Å². The second-order valence-corrected chi connectivity index (χ2v) is 6.25. The molecule has 0 aliphatic rings. The van der Waals surface area contributed by atoms with E-state index in [9.17, 15) is 4.79 Å². The lowest BCUT2D eigenvalue weighted by atomic mass is 10.2. The first kappa shape index (κ1) is 16.1. The Labute approximate surface area is 151 Å². The van der Waals surface area contributed by atoms with Crippen molar-refractivity contribution in [2.24, 2.45) is 0 Å². The summed E-state index contributed by atoms with van der Waals surface area (Å²) < 4.78 is 3.95. The first-order chi connectivity index (χ1) is 12.7. The van der Waals surface area contributed by atoms with Crippen LogP contribution in [0, 0.1) is 6.92 Å². The quantitative estimate of drug-likeness (QED) is 0.596. The van der Waals surface area contributed by atoms with Gasteiger partial charge in [0.25, 0.3) is 5.91 Å². The lowest BCUT2D eigenvalue weighted by molar-refractivity contribution is 0.102. The molecule has 0 aliphatic carbocycles. The van der Waals surface area contributed by atoms with Crippen molar-refractivity contribution in [2.75, 3.05) is 5.32 Å². The van der Waals surface area contributed by atoms with E-state index in [0.717, 1.165) is 34.5 Å². The van der Waals surface area contributed by atoms with E-state index in [1.165, 1.54) is 0 Å². The number of carbonyl (C=O) groups is 1. The maximum Gasteiger partial charge on any atom is 0.276 e. The molecule has 26 heavy (non-hydrogen) atoms. The first-order valence-electron chi connectivity index (χ1n) is 8.68. The summed E-state index contributed by atoms with van der Waals surface area (Å²) in [6, 6.07) is 19.6. The third-order valence-electron chi connectivity index (χ3n) is 4.49. The van der Waals surface area contributed by atoms with E-state index in [1.807, 2.05) is 55.5 Å². The monoisotopic (exact) mass is 344 g/mol. The number of carbonyl (C=O) groups excluding carboxylic acids is 1. The van der Waals surface area contributed by atoms with Crippen LogP contribution in [-0.4, -0.2) is 20.3 Å². The van der Waals surface area contributed by atoms with Crippen LogP contribution < -0.4 is 5.32 Å². The summed E-state index contributed by atoms with van der Waals surface area (Å²) in [6.07, 6.45) is 2.06. The van der Waals surface area contributed by atoms with Gasteiger partial charge in [0, 0.05) is 35.0 Å². The van der Waals surface area contributed by atoms with Gasteiger partial charge in [0.1, 0.15) is 0 Å². The van der Waals surface area contributed by atoms with Crippen molar-refractivity contribution in [3.63, 3.8) is 0 Å². The van der Waals surface area contributed by atoms with Crippen molar-refractivity contribution in [3.8, 4) is 5.69 Å². The molecule has 0 spiro atoms. The third-order valence-corrected chi connectivity index (χ3v) is 4.49.